The van der Waals surface area contributed by atoms with Gasteiger partial charge in [0.25, 0.3) is 0 Å². The van der Waals surface area contributed by atoms with E-state index in [9.17, 15) is 8.42 Å². The lowest BCUT2D eigenvalue weighted by Gasteiger charge is -2.20. The molecule has 0 radical (unpaired) electrons. The van der Waals surface area contributed by atoms with E-state index < -0.39 is 10.0 Å². The van der Waals surface area contributed by atoms with Crippen molar-refractivity contribution in [1.82, 2.24) is 15.4 Å². The second-order valence-electron chi connectivity index (χ2n) is 7.80. The molecule has 3 N–H and O–H groups in total. The van der Waals surface area contributed by atoms with Gasteiger partial charge in [0.2, 0.25) is 10.0 Å². The summed E-state index contributed by atoms with van der Waals surface area (Å²) >= 11 is 0. The van der Waals surface area contributed by atoms with Gasteiger partial charge in [0.15, 0.2) is 5.96 Å². The summed E-state index contributed by atoms with van der Waals surface area (Å²) in [7, 11) is -3.39. The lowest BCUT2D eigenvalue weighted by Crippen LogP contribution is -2.45. The number of aliphatic imine (C=N–C) groups is 1. The van der Waals surface area contributed by atoms with Gasteiger partial charge in [-0.1, -0.05) is 48.0 Å². The van der Waals surface area contributed by atoms with Crippen molar-refractivity contribution < 1.29 is 8.42 Å². The van der Waals surface area contributed by atoms with Gasteiger partial charge >= 0.3 is 0 Å². The number of guanidine groups is 1. The quantitative estimate of drug-likeness (QED) is 0.245. The fourth-order valence-electron chi connectivity index (χ4n) is 3.52. The van der Waals surface area contributed by atoms with E-state index in [1.807, 2.05) is 37.3 Å². The normalized spacial score (nSPS) is 16.5. The zero-order valence-corrected chi connectivity index (χ0v) is 21.9. The molecule has 1 aliphatic rings. The van der Waals surface area contributed by atoms with E-state index in [-0.39, 0.29) is 42.3 Å². The van der Waals surface area contributed by atoms with Gasteiger partial charge in [-0.15, -0.1) is 24.0 Å². The number of benzene rings is 2. The van der Waals surface area contributed by atoms with Crippen molar-refractivity contribution in [3.8, 4) is 0 Å². The molecule has 1 unspecified atom stereocenters. The third kappa shape index (κ3) is 8.59. The Balaban J connectivity index is 0.00000363. The maximum atomic E-state index is 12.3. The van der Waals surface area contributed by atoms with Crippen LogP contribution in [-0.2, 0) is 16.6 Å². The molecule has 1 aliphatic heterocycles. The van der Waals surface area contributed by atoms with E-state index in [0.29, 0.717) is 12.5 Å². The van der Waals surface area contributed by atoms with Crippen LogP contribution in [0.25, 0.3) is 0 Å². The number of halogens is 1. The molecule has 0 bridgehead atoms. The van der Waals surface area contributed by atoms with Crippen molar-refractivity contribution in [2.75, 3.05) is 36.8 Å². The first-order chi connectivity index (χ1) is 14.9. The van der Waals surface area contributed by atoms with Crippen LogP contribution in [0.3, 0.4) is 0 Å². The number of aryl methyl sites for hydroxylation is 1. The predicted molar refractivity (Wildman–Crippen MR) is 143 cm³/mol. The van der Waals surface area contributed by atoms with E-state index >= 15 is 0 Å². The summed E-state index contributed by atoms with van der Waals surface area (Å²) in [5, 5.41) is 6.67. The minimum Gasteiger partial charge on any atom is -0.369 e. The van der Waals surface area contributed by atoms with Gasteiger partial charge in [-0.3, -0.25) is 4.99 Å². The number of hydrogen-bond donors (Lipinski definition) is 3. The van der Waals surface area contributed by atoms with Crippen LogP contribution in [0.4, 0.5) is 5.69 Å². The fourth-order valence-corrected chi connectivity index (χ4v) is 4.38. The molecule has 1 heterocycles. The van der Waals surface area contributed by atoms with Gasteiger partial charge in [-0.2, -0.15) is 0 Å². The lowest BCUT2D eigenvalue weighted by atomic mass is 10.2. The minimum atomic E-state index is -3.39. The van der Waals surface area contributed by atoms with Crippen molar-refractivity contribution in [1.29, 1.82) is 0 Å². The highest BCUT2D eigenvalue weighted by Crippen LogP contribution is 2.20. The molecular weight excluding hydrogens is 537 g/mol. The van der Waals surface area contributed by atoms with Crippen LogP contribution >= 0.6 is 24.0 Å². The van der Waals surface area contributed by atoms with E-state index in [1.165, 1.54) is 11.3 Å². The average molecular weight is 572 g/mol. The molecular formula is C23H34IN5O2S. The van der Waals surface area contributed by atoms with Gasteiger partial charge in [0.1, 0.15) is 0 Å². The lowest BCUT2D eigenvalue weighted by molar-refractivity contribution is 0.581. The molecule has 0 aliphatic carbocycles. The smallest absolute Gasteiger partial charge is 0.213 e. The van der Waals surface area contributed by atoms with E-state index in [2.05, 4.69) is 56.4 Å². The average Bonchev–Trinajstić information content (AvgIpc) is 3.22. The van der Waals surface area contributed by atoms with Gasteiger partial charge in [0.05, 0.1) is 12.3 Å². The van der Waals surface area contributed by atoms with Crippen LogP contribution < -0.4 is 20.3 Å². The Kier molecular flexibility index (Phi) is 10.7. The molecule has 0 amide bonds. The van der Waals surface area contributed by atoms with Crippen molar-refractivity contribution in [3.63, 3.8) is 0 Å². The summed E-state index contributed by atoms with van der Waals surface area (Å²) in [5.74, 6) is 0.618. The summed E-state index contributed by atoms with van der Waals surface area (Å²) in [6.45, 7) is 7.19. The van der Waals surface area contributed by atoms with Crippen molar-refractivity contribution in [3.05, 3.63) is 65.7 Å². The Hall–Kier alpha value is -1.85. The third-order valence-corrected chi connectivity index (χ3v) is 6.55. The van der Waals surface area contributed by atoms with E-state index in [0.717, 1.165) is 31.6 Å². The van der Waals surface area contributed by atoms with Crippen molar-refractivity contribution in [2.45, 2.75) is 32.9 Å². The maximum absolute atomic E-state index is 12.3. The summed E-state index contributed by atoms with van der Waals surface area (Å²) in [6.07, 6.45) is 1.01. The molecule has 2 aromatic rings. The Labute approximate surface area is 209 Å². The molecule has 9 heteroatoms. The van der Waals surface area contributed by atoms with Gasteiger partial charge < -0.3 is 15.5 Å². The summed E-state index contributed by atoms with van der Waals surface area (Å²) in [5.41, 5.74) is 3.42. The second-order valence-corrected chi connectivity index (χ2v) is 9.72. The van der Waals surface area contributed by atoms with Gasteiger partial charge in [-0.25, -0.2) is 13.1 Å². The fraction of sp³-hybridized carbons (Fsp3) is 0.435. The first-order valence-electron chi connectivity index (χ1n) is 10.8. The highest BCUT2D eigenvalue weighted by Gasteiger charge is 2.23. The van der Waals surface area contributed by atoms with Gasteiger partial charge in [-0.05, 0) is 38.0 Å². The summed E-state index contributed by atoms with van der Waals surface area (Å²) in [4.78, 5) is 6.84. The van der Waals surface area contributed by atoms with Crippen LogP contribution in [-0.4, -0.2) is 52.4 Å². The standard InChI is InChI=1S/C23H33N5O2S.HI/c1-3-24-23(25-14-16-31(29,30)26-17-20-7-5-4-6-8-20)27-21-13-15-28(18-21)22-11-9-19(2)10-12-22;/h4-12,21,26H,3,13-18H2,1-2H3,(H2,24,25,27);1H. The topological polar surface area (TPSA) is 85.8 Å². The van der Waals surface area contributed by atoms with Crippen LogP contribution in [0, 0.1) is 6.92 Å². The summed E-state index contributed by atoms with van der Waals surface area (Å²) < 4.78 is 27.2. The van der Waals surface area contributed by atoms with Crippen LogP contribution in [0.15, 0.2) is 59.6 Å². The predicted octanol–water partition coefficient (Wildman–Crippen LogP) is 2.87. The Bertz CT molecular complexity index is 952. The first-order valence-corrected chi connectivity index (χ1v) is 12.5. The Morgan fingerprint density at radius 2 is 1.84 bits per heavy atom. The van der Waals surface area contributed by atoms with Crippen molar-refractivity contribution in [2.24, 2.45) is 4.99 Å². The molecule has 3 rings (SSSR count). The minimum absolute atomic E-state index is 0. The molecule has 176 valence electrons. The molecule has 1 fully saturated rings. The maximum Gasteiger partial charge on any atom is 0.213 e. The highest BCUT2D eigenvalue weighted by atomic mass is 127. The number of nitrogens with zero attached hydrogens (tertiary/aromatic N) is 2. The van der Waals surface area contributed by atoms with E-state index in [1.54, 1.807) is 0 Å². The number of rotatable bonds is 9. The zero-order valence-electron chi connectivity index (χ0n) is 18.8. The van der Waals surface area contributed by atoms with E-state index in [4.69, 9.17) is 0 Å². The molecule has 32 heavy (non-hydrogen) atoms. The monoisotopic (exact) mass is 571 g/mol. The number of anilines is 1. The Morgan fingerprint density at radius 3 is 2.53 bits per heavy atom. The second kappa shape index (κ2) is 13.0. The third-order valence-electron chi connectivity index (χ3n) is 5.24. The van der Waals surface area contributed by atoms with Crippen LogP contribution in [0.2, 0.25) is 0 Å². The first kappa shape index (κ1) is 26.4. The Morgan fingerprint density at radius 1 is 1.12 bits per heavy atom. The molecule has 0 spiro atoms. The summed E-state index contributed by atoms with van der Waals surface area (Å²) in [6, 6.07) is 18.3. The molecule has 0 aromatic heterocycles. The molecule has 7 nitrogen and oxygen atoms in total. The molecule has 0 saturated carbocycles. The zero-order chi connectivity index (χ0) is 22.1. The SMILES string of the molecule is CCNC(=NCCS(=O)(=O)NCc1ccccc1)NC1CCN(c2ccc(C)cc2)C1.I. The number of hydrogen-bond acceptors (Lipinski definition) is 4. The van der Waals surface area contributed by atoms with Gasteiger partial charge in [0, 0.05) is 37.9 Å². The highest BCUT2D eigenvalue weighted by molar-refractivity contribution is 14.0. The molecule has 1 atom stereocenters. The van der Waals surface area contributed by atoms with Crippen LogP contribution in [0.1, 0.15) is 24.5 Å². The largest absolute Gasteiger partial charge is 0.369 e. The number of sulfonamides is 1. The van der Waals surface area contributed by atoms with Crippen LogP contribution in [0.5, 0.6) is 0 Å². The number of nitrogens with one attached hydrogen (secondary N) is 3. The van der Waals surface area contributed by atoms with Crippen molar-refractivity contribution >= 4 is 45.6 Å². The molecule has 1 saturated heterocycles. The molecule has 2 aromatic carbocycles.